The Morgan fingerprint density at radius 3 is 2.37 bits per heavy atom. The van der Waals surface area contributed by atoms with Gasteiger partial charge in [0.05, 0.1) is 20.9 Å². The minimum absolute atomic E-state index is 0.0371. The zero-order valence-electron chi connectivity index (χ0n) is 15.9. The minimum Gasteiger partial charge on any atom is -0.345 e. The molecule has 2 aromatic carbocycles. The maximum absolute atomic E-state index is 12.5. The normalized spacial score (nSPS) is 15.0. The summed E-state index contributed by atoms with van der Waals surface area (Å²) in [5.74, 6) is -0.366. The third kappa shape index (κ3) is 4.72. The van der Waals surface area contributed by atoms with Gasteiger partial charge < -0.3 is 9.80 Å². The van der Waals surface area contributed by atoms with E-state index in [1.54, 1.807) is 16.2 Å². The number of hydrogen-bond donors (Lipinski definition) is 0. The van der Waals surface area contributed by atoms with Crippen molar-refractivity contribution in [3.63, 3.8) is 0 Å². The van der Waals surface area contributed by atoms with E-state index in [2.05, 4.69) is 9.88 Å². The monoisotopic (exact) mass is 483 g/mol. The molecular formula is C20H19Cl2N3O3S2. The lowest BCUT2D eigenvalue weighted by atomic mass is 10.3. The number of carbonyl (C=O) groups is 1. The highest BCUT2D eigenvalue weighted by Gasteiger charge is 2.25. The summed E-state index contributed by atoms with van der Waals surface area (Å²) >= 11 is 13.4. The first-order valence-corrected chi connectivity index (χ1v) is 12.6. The molecule has 1 aliphatic rings. The van der Waals surface area contributed by atoms with Gasteiger partial charge in [0.2, 0.25) is 5.91 Å². The van der Waals surface area contributed by atoms with Gasteiger partial charge in [-0.1, -0.05) is 34.5 Å². The molecular weight excluding hydrogens is 465 g/mol. The largest absolute Gasteiger partial charge is 0.345 e. The predicted octanol–water partition coefficient (Wildman–Crippen LogP) is 4.12. The van der Waals surface area contributed by atoms with Crippen molar-refractivity contribution in [1.29, 1.82) is 0 Å². The molecule has 0 bridgehead atoms. The summed E-state index contributed by atoms with van der Waals surface area (Å²) in [5.41, 5.74) is 0.908. The highest BCUT2D eigenvalue weighted by molar-refractivity contribution is 7.91. The van der Waals surface area contributed by atoms with Gasteiger partial charge in [-0.3, -0.25) is 4.79 Å². The van der Waals surface area contributed by atoms with Gasteiger partial charge in [-0.2, -0.15) is 0 Å². The molecule has 158 valence electrons. The number of sulfone groups is 1. The molecule has 0 spiro atoms. The highest BCUT2D eigenvalue weighted by atomic mass is 35.5. The van der Waals surface area contributed by atoms with Crippen LogP contribution in [0, 0.1) is 0 Å². The van der Waals surface area contributed by atoms with Crippen molar-refractivity contribution in [3.05, 3.63) is 52.5 Å². The summed E-state index contributed by atoms with van der Waals surface area (Å²) in [6, 6.07) is 11.6. The van der Waals surface area contributed by atoms with Crippen LogP contribution in [0.1, 0.15) is 6.42 Å². The molecule has 4 rings (SSSR count). The van der Waals surface area contributed by atoms with Gasteiger partial charge >= 0.3 is 0 Å². The summed E-state index contributed by atoms with van der Waals surface area (Å²) in [5, 5.41) is 2.06. The van der Waals surface area contributed by atoms with Crippen molar-refractivity contribution in [2.45, 2.75) is 11.3 Å². The van der Waals surface area contributed by atoms with Crippen LogP contribution in [-0.2, 0) is 14.6 Å². The molecule has 0 atom stereocenters. The van der Waals surface area contributed by atoms with E-state index in [0.29, 0.717) is 36.2 Å². The minimum atomic E-state index is -3.52. The van der Waals surface area contributed by atoms with Crippen molar-refractivity contribution in [2.75, 3.05) is 36.8 Å². The Balaban J connectivity index is 1.33. The molecule has 1 aliphatic heterocycles. The molecule has 0 N–H and O–H groups in total. The summed E-state index contributed by atoms with van der Waals surface area (Å²) in [6.07, 6.45) is -0.0371. The topological polar surface area (TPSA) is 70.6 Å². The van der Waals surface area contributed by atoms with Crippen molar-refractivity contribution < 1.29 is 13.2 Å². The fraction of sp³-hybridized carbons (Fsp3) is 0.300. The zero-order valence-corrected chi connectivity index (χ0v) is 19.1. The second kappa shape index (κ2) is 8.70. The van der Waals surface area contributed by atoms with E-state index in [1.807, 2.05) is 18.2 Å². The number of hydrogen-bond acceptors (Lipinski definition) is 6. The number of carbonyl (C=O) groups excluding carboxylic acids is 1. The Kier molecular flexibility index (Phi) is 6.20. The Morgan fingerprint density at radius 1 is 1.00 bits per heavy atom. The summed E-state index contributed by atoms with van der Waals surface area (Å²) < 4.78 is 25.9. The van der Waals surface area contributed by atoms with Crippen LogP contribution in [-0.4, -0.2) is 56.1 Å². The van der Waals surface area contributed by atoms with E-state index in [9.17, 15) is 13.2 Å². The lowest BCUT2D eigenvalue weighted by molar-refractivity contribution is -0.131. The standard InChI is InChI=1S/C20H19Cl2N3O3S2/c21-14-1-4-16(5-2-14)30(27,28)12-7-19(26)24-8-10-25(11-9-24)20-23-17-6-3-15(22)13-18(17)29-20/h1-6,13H,7-12H2. The molecule has 0 aliphatic carbocycles. The number of benzene rings is 2. The Labute approximate surface area is 188 Å². The number of piperazine rings is 1. The van der Waals surface area contributed by atoms with Crippen LogP contribution in [0.3, 0.4) is 0 Å². The van der Waals surface area contributed by atoms with Crippen LogP contribution < -0.4 is 4.90 Å². The third-order valence-electron chi connectivity index (χ3n) is 5.00. The van der Waals surface area contributed by atoms with Gasteiger partial charge in [-0.25, -0.2) is 13.4 Å². The molecule has 1 saturated heterocycles. The van der Waals surface area contributed by atoms with Gasteiger partial charge in [0.1, 0.15) is 0 Å². The molecule has 1 aromatic heterocycles. The number of fused-ring (bicyclic) bond motifs is 1. The van der Waals surface area contributed by atoms with Gasteiger partial charge in [0.15, 0.2) is 15.0 Å². The van der Waals surface area contributed by atoms with Crippen LogP contribution in [0.4, 0.5) is 5.13 Å². The molecule has 0 radical (unpaired) electrons. The van der Waals surface area contributed by atoms with E-state index in [-0.39, 0.29) is 23.0 Å². The molecule has 10 heteroatoms. The van der Waals surface area contributed by atoms with Crippen molar-refractivity contribution in [1.82, 2.24) is 9.88 Å². The van der Waals surface area contributed by atoms with E-state index in [1.165, 1.54) is 24.3 Å². The second-order valence-electron chi connectivity index (χ2n) is 7.00. The molecule has 1 amide bonds. The lowest BCUT2D eigenvalue weighted by Gasteiger charge is -2.34. The maximum atomic E-state index is 12.5. The average molecular weight is 484 g/mol. The summed E-state index contributed by atoms with van der Waals surface area (Å²) in [6.45, 7) is 2.39. The van der Waals surface area contributed by atoms with Gasteiger partial charge in [0, 0.05) is 42.6 Å². The van der Waals surface area contributed by atoms with Gasteiger partial charge in [-0.05, 0) is 42.5 Å². The average Bonchev–Trinajstić information content (AvgIpc) is 3.16. The lowest BCUT2D eigenvalue weighted by Crippen LogP contribution is -2.49. The molecule has 30 heavy (non-hydrogen) atoms. The zero-order chi connectivity index (χ0) is 21.3. The Morgan fingerprint density at radius 2 is 1.67 bits per heavy atom. The number of rotatable bonds is 5. The summed E-state index contributed by atoms with van der Waals surface area (Å²) in [7, 11) is -3.52. The van der Waals surface area contributed by atoms with Crippen LogP contribution >= 0.6 is 34.5 Å². The molecule has 3 aromatic rings. The number of nitrogens with zero attached hydrogens (tertiary/aromatic N) is 3. The number of amides is 1. The Hall–Kier alpha value is -1.87. The van der Waals surface area contributed by atoms with E-state index < -0.39 is 9.84 Å². The molecule has 2 heterocycles. The molecule has 0 unspecified atom stereocenters. The maximum Gasteiger partial charge on any atom is 0.223 e. The first kappa shape index (κ1) is 21.4. The number of halogens is 2. The second-order valence-corrected chi connectivity index (χ2v) is 11.0. The van der Waals surface area contributed by atoms with Crippen molar-refractivity contribution >= 4 is 65.6 Å². The van der Waals surface area contributed by atoms with Crippen molar-refractivity contribution in [2.24, 2.45) is 0 Å². The number of thiazole rings is 1. The first-order chi connectivity index (χ1) is 14.3. The summed E-state index contributed by atoms with van der Waals surface area (Å²) in [4.78, 5) is 21.2. The molecule has 1 fully saturated rings. The highest BCUT2D eigenvalue weighted by Crippen LogP contribution is 2.31. The number of anilines is 1. The van der Waals surface area contributed by atoms with Crippen molar-refractivity contribution in [3.8, 4) is 0 Å². The third-order valence-corrected chi connectivity index (χ3v) is 8.30. The molecule has 0 saturated carbocycles. The molecule has 6 nitrogen and oxygen atoms in total. The SMILES string of the molecule is O=C(CCS(=O)(=O)c1ccc(Cl)cc1)N1CCN(c2nc3ccc(Cl)cc3s2)CC1. The van der Waals surface area contributed by atoms with E-state index >= 15 is 0 Å². The predicted molar refractivity (Wildman–Crippen MR) is 122 cm³/mol. The fourth-order valence-electron chi connectivity index (χ4n) is 3.31. The number of aromatic nitrogens is 1. The van der Waals surface area contributed by atoms with Gasteiger partial charge in [0.25, 0.3) is 0 Å². The van der Waals surface area contributed by atoms with Gasteiger partial charge in [-0.15, -0.1) is 0 Å². The quantitative estimate of drug-likeness (QED) is 0.545. The van der Waals surface area contributed by atoms with E-state index in [4.69, 9.17) is 23.2 Å². The fourth-order valence-corrected chi connectivity index (χ4v) is 5.96. The smallest absolute Gasteiger partial charge is 0.223 e. The van der Waals surface area contributed by atoms with Crippen LogP contribution in [0.5, 0.6) is 0 Å². The first-order valence-electron chi connectivity index (χ1n) is 9.39. The van der Waals surface area contributed by atoms with Crippen LogP contribution in [0.2, 0.25) is 10.0 Å². The van der Waals surface area contributed by atoms with E-state index in [0.717, 1.165) is 15.3 Å². The van der Waals surface area contributed by atoms with Crippen LogP contribution in [0.15, 0.2) is 47.4 Å². The van der Waals surface area contributed by atoms with Crippen LogP contribution in [0.25, 0.3) is 10.2 Å². The Bertz CT molecular complexity index is 1170.